The summed E-state index contributed by atoms with van der Waals surface area (Å²) in [6.45, 7) is 7.24. The zero-order chi connectivity index (χ0) is 15.3. The lowest BCUT2D eigenvalue weighted by Crippen LogP contribution is -2.31. The highest BCUT2D eigenvalue weighted by Gasteiger charge is 2.22. The predicted molar refractivity (Wildman–Crippen MR) is 74.7 cm³/mol. The van der Waals surface area contributed by atoms with E-state index in [2.05, 4.69) is 5.32 Å². The molecule has 1 amide bonds. The van der Waals surface area contributed by atoms with Crippen LogP contribution in [-0.2, 0) is 14.3 Å². The minimum Gasteiger partial charge on any atom is -0.453 e. The predicted octanol–water partition coefficient (Wildman–Crippen LogP) is 3.13. The minimum absolute atomic E-state index is 0.190. The van der Waals surface area contributed by atoms with Gasteiger partial charge in [0.15, 0.2) is 6.10 Å². The van der Waals surface area contributed by atoms with Gasteiger partial charge < -0.3 is 10.1 Å². The van der Waals surface area contributed by atoms with Gasteiger partial charge in [-0.1, -0.05) is 20.8 Å². The zero-order valence-electron chi connectivity index (χ0n) is 12.2. The van der Waals surface area contributed by atoms with E-state index in [4.69, 9.17) is 4.74 Å². The highest BCUT2D eigenvalue weighted by Crippen LogP contribution is 2.19. The van der Waals surface area contributed by atoms with Crippen molar-refractivity contribution in [1.29, 1.82) is 0 Å². The van der Waals surface area contributed by atoms with Gasteiger partial charge in [0, 0.05) is 5.69 Å². The third-order valence-corrected chi connectivity index (χ3v) is 2.46. The first-order chi connectivity index (χ1) is 9.17. The van der Waals surface area contributed by atoms with E-state index in [1.54, 1.807) is 0 Å². The van der Waals surface area contributed by atoms with E-state index >= 15 is 0 Å². The number of anilines is 1. The molecule has 110 valence electrons. The van der Waals surface area contributed by atoms with Crippen LogP contribution in [0.15, 0.2) is 24.3 Å². The van der Waals surface area contributed by atoms with Gasteiger partial charge in [-0.15, -0.1) is 0 Å². The molecule has 0 fully saturated rings. The number of ether oxygens (including phenoxy) is 1. The summed E-state index contributed by atoms with van der Waals surface area (Å²) in [5.74, 6) is -1.24. The zero-order valence-corrected chi connectivity index (χ0v) is 12.2. The minimum atomic E-state index is -0.894. The third kappa shape index (κ3) is 5.82. The Balaban J connectivity index is 2.51. The highest BCUT2D eigenvalue weighted by atomic mass is 19.1. The van der Waals surface area contributed by atoms with E-state index in [0.29, 0.717) is 5.69 Å². The van der Waals surface area contributed by atoms with Gasteiger partial charge in [0.1, 0.15) is 5.82 Å². The molecule has 0 aliphatic carbocycles. The van der Waals surface area contributed by atoms with Crippen LogP contribution in [0.1, 0.15) is 34.1 Å². The SMILES string of the molecule is C[C@H](OC(=O)CC(C)(C)C)C(=O)Nc1ccc(F)cc1. The van der Waals surface area contributed by atoms with Gasteiger partial charge in [0.05, 0.1) is 6.42 Å². The fourth-order valence-electron chi connectivity index (χ4n) is 1.50. The number of hydrogen-bond acceptors (Lipinski definition) is 3. The summed E-state index contributed by atoms with van der Waals surface area (Å²) in [6, 6.07) is 5.37. The van der Waals surface area contributed by atoms with Crippen LogP contribution < -0.4 is 5.32 Å². The number of benzene rings is 1. The van der Waals surface area contributed by atoms with Gasteiger partial charge >= 0.3 is 5.97 Å². The summed E-state index contributed by atoms with van der Waals surface area (Å²) in [4.78, 5) is 23.4. The van der Waals surface area contributed by atoms with Crippen molar-refractivity contribution in [3.8, 4) is 0 Å². The van der Waals surface area contributed by atoms with Crippen LogP contribution in [0.25, 0.3) is 0 Å². The number of nitrogens with one attached hydrogen (secondary N) is 1. The van der Waals surface area contributed by atoms with Crippen molar-refractivity contribution in [3.63, 3.8) is 0 Å². The van der Waals surface area contributed by atoms with Crippen LogP contribution in [0, 0.1) is 11.2 Å². The lowest BCUT2D eigenvalue weighted by molar-refractivity contribution is -0.154. The molecule has 0 saturated carbocycles. The molecule has 1 N–H and O–H groups in total. The summed E-state index contributed by atoms with van der Waals surface area (Å²) in [6.07, 6.45) is -0.656. The van der Waals surface area contributed by atoms with E-state index in [9.17, 15) is 14.0 Å². The first-order valence-corrected chi connectivity index (χ1v) is 6.43. The van der Waals surface area contributed by atoms with Crippen molar-refractivity contribution < 1.29 is 18.7 Å². The molecule has 20 heavy (non-hydrogen) atoms. The Bertz CT molecular complexity index is 477. The fraction of sp³-hybridized carbons (Fsp3) is 0.467. The van der Waals surface area contributed by atoms with Crippen molar-refractivity contribution in [1.82, 2.24) is 0 Å². The van der Waals surface area contributed by atoms with Crippen molar-refractivity contribution >= 4 is 17.6 Å². The summed E-state index contributed by atoms with van der Waals surface area (Å²) in [7, 11) is 0. The molecule has 0 radical (unpaired) electrons. The molecule has 4 nitrogen and oxygen atoms in total. The molecule has 0 spiro atoms. The van der Waals surface area contributed by atoms with Gasteiger partial charge in [-0.05, 0) is 36.6 Å². The Morgan fingerprint density at radius 3 is 2.30 bits per heavy atom. The van der Waals surface area contributed by atoms with Gasteiger partial charge in [-0.2, -0.15) is 0 Å². The van der Waals surface area contributed by atoms with Crippen molar-refractivity contribution in [3.05, 3.63) is 30.1 Å². The van der Waals surface area contributed by atoms with Crippen LogP contribution in [0.5, 0.6) is 0 Å². The average molecular weight is 281 g/mol. The van der Waals surface area contributed by atoms with Crippen LogP contribution in [0.4, 0.5) is 10.1 Å². The van der Waals surface area contributed by atoms with Crippen molar-refractivity contribution in [2.45, 2.75) is 40.2 Å². The molecule has 0 saturated heterocycles. The van der Waals surface area contributed by atoms with Crippen molar-refractivity contribution in [2.75, 3.05) is 5.32 Å². The molecule has 5 heteroatoms. The first kappa shape index (κ1) is 16.1. The monoisotopic (exact) mass is 281 g/mol. The van der Waals surface area contributed by atoms with Crippen molar-refractivity contribution in [2.24, 2.45) is 5.41 Å². The summed E-state index contributed by atoms with van der Waals surface area (Å²) in [5, 5.41) is 2.55. The molecule has 1 atom stereocenters. The quantitative estimate of drug-likeness (QED) is 0.863. The molecule has 0 aliphatic heterocycles. The normalized spacial score (nSPS) is 12.7. The molecule has 0 unspecified atom stereocenters. The highest BCUT2D eigenvalue weighted by molar-refractivity contribution is 5.95. The van der Waals surface area contributed by atoms with Crippen LogP contribution in [0.2, 0.25) is 0 Å². The molecule has 0 aromatic heterocycles. The Morgan fingerprint density at radius 1 is 1.25 bits per heavy atom. The maximum absolute atomic E-state index is 12.7. The maximum atomic E-state index is 12.7. The topological polar surface area (TPSA) is 55.4 Å². The number of carbonyl (C=O) groups is 2. The average Bonchev–Trinajstić information content (AvgIpc) is 2.29. The molecule has 0 bridgehead atoms. The lowest BCUT2D eigenvalue weighted by atomic mass is 9.92. The molecular weight excluding hydrogens is 261 g/mol. The molecule has 1 aromatic carbocycles. The van der Waals surface area contributed by atoms with Gasteiger partial charge in [-0.3, -0.25) is 9.59 Å². The van der Waals surface area contributed by atoms with E-state index < -0.39 is 18.0 Å². The second-order valence-corrected chi connectivity index (χ2v) is 5.87. The Kier molecular flexibility index (Phi) is 5.25. The van der Waals surface area contributed by atoms with Crippen LogP contribution >= 0.6 is 0 Å². The second-order valence-electron chi connectivity index (χ2n) is 5.87. The molecule has 1 aromatic rings. The summed E-state index contributed by atoms with van der Waals surface area (Å²) < 4.78 is 17.8. The molecule has 0 heterocycles. The van der Waals surface area contributed by atoms with Gasteiger partial charge in [0.25, 0.3) is 5.91 Å². The maximum Gasteiger partial charge on any atom is 0.307 e. The van der Waals surface area contributed by atoms with E-state index in [-0.39, 0.29) is 17.7 Å². The Hall–Kier alpha value is -1.91. The summed E-state index contributed by atoms with van der Waals surface area (Å²) >= 11 is 0. The lowest BCUT2D eigenvalue weighted by Gasteiger charge is -2.19. The number of carbonyl (C=O) groups excluding carboxylic acids is 2. The Morgan fingerprint density at radius 2 is 1.80 bits per heavy atom. The second kappa shape index (κ2) is 6.50. The number of hydrogen-bond donors (Lipinski definition) is 1. The van der Waals surface area contributed by atoms with Crippen LogP contribution in [-0.4, -0.2) is 18.0 Å². The van der Waals surface area contributed by atoms with Gasteiger partial charge in [0.2, 0.25) is 0 Å². The standard InChI is InChI=1S/C15H20FNO3/c1-10(20-13(18)9-15(2,3)4)14(19)17-12-7-5-11(16)6-8-12/h5-8,10H,9H2,1-4H3,(H,17,19)/t10-/m0/s1. The van der Waals surface area contributed by atoms with Crippen LogP contribution in [0.3, 0.4) is 0 Å². The molecular formula is C15H20FNO3. The third-order valence-electron chi connectivity index (χ3n) is 2.46. The summed E-state index contributed by atoms with van der Waals surface area (Å²) in [5.41, 5.74) is 0.264. The van der Waals surface area contributed by atoms with E-state index in [1.165, 1.54) is 31.2 Å². The molecule has 0 aliphatic rings. The smallest absolute Gasteiger partial charge is 0.307 e. The largest absolute Gasteiger partial charge is 0.453 e. The Labute approximate surface area is 118 Å². The number of rotatable bonds is 4. The van der Waals surface area contributed by atoms with E-state index in [1.807, 2.05) is 20.8 Å². The first-order valence-electron chi connectivity index (χ1n) is 6.43. The number of halogens is 1. The van der Waals surface area contributed by atoms with Gasteiger partial charge in [-0.25, -0.2) is 4.39 Å². The van der Waals surface area contributed by atoms with E-state index in [0.717, 1.165) is 0 Å². The fourth-order valence-corrected chi connectivity index (χ4v) is 1.50. The number of amides is 1. The number of esters is 1. The molecule has 1 rings (SSSR count).